The van der Waals surface area contributed by atoms with Crippen LogP contribution in [0.3, 0.4) is 0 Å². The van der Waals surface area contributed by atoms with Crippen LogP contribution >= 0.6 is 24.0 Å². The first-order valence-electron chi connectivity index (χ1n) is 8.26. The lowest BCUT2D eigenvalue weighted by Crippen LogP contribution is -2.38. The Hall–Kier alpha value is -2.01. The van der Waals surface area contributed by atoms with E-state index in [1.165, 1.54) is 18.2 Å². The molecule has 0 spiro atoms. The fourth-order valence-electron chi connectivity index (χ4n) is 2.55. The Labute approximate surface area is 179 Å². The molecule has 28 heavy (non-hydrogen) atoms. The lowest BCUT2D eigenvalue weighted by Gasteiger charge is -2.22. The van der Waals surface area contributed by atoms with E-state index in [4.69, 9.17) is 5.11 Å². The van der Waals surface area contributed by atoms with Gasteiger partial charge in [-0.25, -0.2) is 4.39 Å². The van der Waals surface area contributed by atoms with Crippen LogP contribution < -0.4 is 10.1 Å². The summed E-state index contributed by atoms with van der Waals surface area (Å²) in [6.07, 6.45) is 0. The van der Waals surface area contributed by atoms with Crippen molar-refractivity contribution in [3.8, 4) is 5.75 Å². The topological polar surface area (TPSA) is 57.1 Å². The molecule has 2 aromatic carbocycles. The van der Waals surface area contributed by atoms with Crippen molar-refractivity contribution in [1.82, 2.24) is 10.2 Å². The van der Waals surface area contributed by atoms with Gasteiger partial charge in [0.05, 0.1) is 6.61 Å². The molecule has 2 N–H and O–H groups in total. The van der Waals surface area contributed by atoms with Crippen molar-refractivity contribution < 1.29 is 23.0 Å². The second kappa shape index (κ2) is 11.7. The Morgan fingerprint density at radius 1 is 1.18 bits per heavy atom. The maximum atomic E-state index is 13.4. The molecule has 2 rings (SSSR count). The van der Waals surface area contributed by atoms with Gasteiger partial charge in [-0.3, -0.25) is 4.99 Å². The molecule has 0 saturated heterocycles. The number of nitrogens with one attached hydrogen (secondary N) is 1. The standard InChI is InChI=1S/C19H22F3N3O2.HI/c1-23-19(24-10-14-5-8-17(20)15(9-14)12-26)25(2)11-13-3-6-16(7-4-13)27-18(21)22;/h3-9,18,26H,10-12H2,1-2H3,(H,23,24);1H. The van der Waals surface area contributed by atoms with Gasteiger partial charge in [-0.2, -0.15) is 8.78 Å². The van der Waals surface area contributed by atoms with Crippen molar-refractivity contribution in [3.63, 3.8) is 0 Å². The monoisotopic (exact) mass is 509 g/mol. The SMILES string of the molecule is CN=C(NCc1ccc(F)c(CO)c1)N(C)Cc1ccc(OC(F)F)cc1.I. The summed E-state index contributed by atoms with van der Waals surface area (Å²) in [4.78, 5) is 6.06. The molecule has 0 aliphatic heterocycles. The average Bonchev–Trinajstić information content (AvgIpc) is 2.64. The first-order valence-corrected chi connectivity index (χ1v) is 8.26. The number of alkyl halides is 2. The van der Waals surface area contributed by atoms with Crippen LogP contribution in [0, 0.1) is 5.82 Å². The van der Waals surface area contributed by atoms with E-state index in [2.05, 4.69) is 15.0 Å². The molecule has 0 bridgehead atoms. The quantitative estimate of drug-likeness (QED) is 0.340. The fourth-order valence-corrected chi connectivity index (χ4v) is 2.55. The van der Waals surface area contributed by atoms with E-state index in [-0.39, 0.29) is 41.9 Å². The lowest BCUT2D eigenvalue weighted by molar-refractivity contribution is -0.0498. The van der Waals surface area contributed by atoms with Crippen LogP contribution in [0.25, 0.3) is 0 Å². The Balaban J connectivity index is 0.00000392. The molecule has 0 aliphatic rings. The zero-order chi connectivity index (χ0) is 19.8. The van der Waals surface area contributed by atoms with Crippen molar-refractivity contribution in [3.05, 3.63) is 65.0 Å². The predicted molar refractivity (Wildman–Crippen MR) is 112 cm³/mol. The van der Waals surface area contributed by atoms with Crippen molar-refractivity contribution in [2.75, 3.05) is 14.1 Å². The molecule has 0 heterocycles. The molecule has 0 aliphatic carbocycles. The largest absolute Gasteiger partial charge is 0.435 e. The third-order valence-electron chi connectivity index (χ3n) is 3.87. The number of aliphatic imine (C=N–C) groups is 1. The molecule has 9 heteroatoms. The summed E-state index contributed by atoms with van der Waals surface area (Å²) in [5.41, 5.74) is 1.94. The highest BCUT2D eigenvalue weighted by molar-refractivity contribution is 14.0. The molecule has 0 atom stereocenters. The van der Waals surface area contributed by atoms with Crippen molar-refractivity contribution in [2.45, 2.75) is 26.3 Å². The van der Waals surface area contributed by atoms with E-state index in [1.807, 2.05) is 11.9 Å². The molecule has 2 aromatic rings. The first-order chi connectivity index (χ1) is 12.9. The number of guanidine groups is 1. The number of benzene rings is 2. The van der Waals surface area contributed by atoms with Crippen LogP contribution in [0.1, 0.15) is 16.7 Å². The second-order valence-corrected chi connectivity index (χ2v) is 5.86. The van der Waals surface area contributed by atoms with Crippen LogP contribution in [-0.2, 0) is 19.7 Å². The minimum absolute atomic E-state index is 0. The van der Waals surface area contributed by atoms with E-state index >= 15 is 0 Å². The highest BCUT2D eigenvalue weighted by atomic mass is 127. The van der Waals surface area contributed by atoms with Gasteiger partial charge in [0.25, 0.3) is 0 Å². The molecule has 0 saturated carbocycles. The zero-order valence-electron chi connectivity index (χ0n) is 15.5. The van der Waals surface area contributed by atoms with E-state index in [0.29, 0.717) is 19.0 Å². The molecule has 0 radical (unpaired) electrons. The number of ether oxygens (including phenoxy) is 1. The van der Waals surface area contributed by atoms with Gasteiger partial charge >= 0.3 is 6.61 Å². The summed E-state index contributed by atoms with van der Waals surface area (Å²) >= 11 is 0. The normalized spacial score (nSPS) is 11.2. The summed E-state index contributed by atoms with van der Waals surface area (Å²) in [7, 11) is 3.48. The summed E-state index contributed by atoms with van der Waals surface area (Å²) in [6.45, 7) is -2.30. The minimum atomic E-state index is -2.85. The molecule has 0 fully saturated rings. The van der Waals surface area contributed by atoms with Crippen molar-refractivity contribution in [1.29, 1.82) is 0 Å². The van der Waals surface area contributed by atoms with E-state index < -0.39 is 12.4 Å². The highest BCUT2D eigenvalue weighted by Gasteiger charge is 2.09. The Morgan fingerprint density at radius 2 is 1.82 bits per heavy atom. The lowest BCUT2D eigenvalue weighted by atomic mass is 10.1. The summed E-state index contributed by atoms with van der Waals surface area (Å²) in [5, 5.41) is 12.3. The first kappa shape index (κ1) is 24.0. The number of hydrogen-bond donors (Lipinski definition) is 2. The van der Waals surface area contributed by atoms with E-state index in [0.717, 1.165) is 11.1 Å². The third kappa shape index (κ3) is 7.19. The van der Waals surface area contributed by atoms with Crippen LogP contribution in [0.15, 0.2) is 47.5 Å². The van der Waals surface area contributed by atoms with Crippen molar-refractivity contribution >= 4 is 29.9 Å². The van der Waals surface area contributed by atoms with Gasteiger partial charge in [-0.1, -0.05) is 18.2 Å². The van der Waals surface area contributed by atoms with Gasteiger partial charge < -0.3 is 20.1 Å². The summed E-state index contributed by atoms with van der Waals surface area (Å²) in [5.74, 6) is 0.273. The van der Waals surface area contributed by atoms with Crippen LogP contribution in [0.5, 0.6) is 5.75 Å². The smallest absolute Gasteiger partial charge is 0.387 e. The van der Waals surface area contributed by atoms with Gasteiger partial charge in [0.15, 0.2) is 5.96 Å². The minimum Gasteiger partial charge on any atom is -0.435 e. The third-order valence-corrected chi connectivity index (χ3v) is 3.87. The maximum Gasteiger partial charge on any atom is 0.387 e. The van der Waals surface area contributed by atoms with E-state index in [9.17, 15) is 13.2 Å². The van der Waals surface area contributed by atoms with Gasteiger partial charge in [-0.05, 0) is 35.4 Å². The number of rotatable bonds is 7. The molecule has 5 nitrogen and oxygen atoms in total. The van der Waals surface area contributed by atoms with Crippen molar-refractivity contribution in [2.24, 2.45) is 4.99 Å². The molecule has 154 valence electrons. The fraction of sp³-hybridized carbons (Fsp3) is 0.316. The van der Waals surface area contributed by atoms with Crippen LogP contribution in [-0.4, -0.2) is 36.7 Å². The number of aliphatic hydroxyl groups excluding tert-OH is 1. The maximum absolute atomic E-state index is 13.4. The number of aliphatic hydroxyl groups is 1. The molecular formula is C19H23F3IN3O2. The second-order valence-electron chi connectivity index (χ2n) is 5.86. The molecule has 0 amide bonds. The number of halogens is 4. The number of hydrogen-bond acceptors (Lipinski definition) is 3. The Bertz CT molecular complexity index is 774. The molecular weight excluding hydrogens is 486 g/mol. The van der Waals surface area contributed by atoms with E-state index in [1.54, 1.807) is 31.3 Å². The predicted octanol–water partition coefficient (Wildman–Crippen LogP) is 3.74. The average molecular weight is 509 g/mol. The Kier molecular flexibility index (Phi) is 10.1. The van der Waals surface area contributed by atoms with Gasteiger partial charge in [0.1, 0.15) is 11.6 Å². The van der Waals surface area contributed by atoms with Crippen LogP contribution in [0.4, 0.5) is 13.2 Å². The summed E-state index contributed by atoms with van der Waals surface area (Å²) in [6, 6.07) is 10.9. The molecule has 0 unspecified atom stereocenters. The Morgan fingerprint density at radius 3 is 2.39 bits per heavy atom. The molecule has 0 aromatic heterocycles. The highest BCUT2D eigenvalue weighted by Crippen LogP contribution is 2.16. The van der Waals surface area contributed by atoms with Crippen LogP contribution in [0.2, 0.25) is 0 Å². The number of nitrogens with zero attached hydrogens (tertiary/aromatic N) is 2. The summed E-state index contributed by atoms with van der Waals surface area (Å²) < 4.78 is 42.1. The van der Waals surface area contributed by atoms with Gasteiger partial charge in [0, 0.05) is 32.7 Å². The van der Waals surface area contributed by atoms with Gasteiger partial charge in [0.2, 0.25) is 0 Å². The van der Waals surface area contributed by atoms with Gasteiger partial charge in [-0.15, -0.1) is 24.0 Å². The zero-order valence-corrected chi connectivity index (χ0v) is 17.9.